The van der Waals surface area contributed by atoms with Crippen molar-refractivity contribution in [3.8, 4) is 5.75 Å². The molecule has 0 bridgehead atoms. The third kappa shape index (κ3) is 4.14. The molecule has 0 aliphatic rings. The van der Waals surface area contributed by atoms with Crippen molar-refractivity contribution in [1.29, 1.82) is 0 Å². The molecular weight excluding hydrogens is 296 g/mol. The van der Waals surface area contributed by atoms with Crippen LogP contribution in [0.15, 0.2) is 29.2 Å². The summed E-state index contributed by atoms with van der Waals surface area (Å²) in [6, 6.07) is 4.18. The molecule has 6 nitrogen and oxygen atoms in total. The van der Waals surface area contributed by atoms with Gasteiger partial charge in [0.25, 0.3) is 0 Å². The van der Waals surface area contributed by atoms with Gasteiger partial charge in [0.05, 0.1) is 4.90 Å². The number of carboxylic acids is 1. The number of sulfonamides is 1. The van der Waals surface area contributed by atoms with E-state index in [0.29, 0.717) is 0 Å². The monoisotopic (exact) mass is 309 g/mol. The molecule has 1 aromatic rings. The molecule has 20 heavy (non-hydrogen) atoms. The van der Waals surface area contributed by atoms with Crippen molar-refractivity contribution in [2.75, 3.05) is 0 Å². The van der Waals surface area contributed by atoms with Crippen LogP contribution in [0.4, 0.5) is 8.78 Å². The minimum absolute atomic E-state index is 0.198. The third-order valence-corrected chi connectivity index (χ3v) is 3.96. The first kappa shape index (κ1) is 16.3. The number of rotatable bonds is 6. The highest BCUT2D eigenvalue weighted by Crippen LogP contribution is 2.19. The first-order valence-corrected chi connectivity index (χ1v) is 6.85. The molecule has 0 aliphatic carbocycles. The van der Waals surface area contributed by atoms with E-state index < -0.39 is 28.1 Å². The SMILES string of the molecule is CC(C)(NS(=O)(=O)c1ccc(OC(F)F)cc1)C(=O)O. The number of benzene rings is 1. The standard InChI is InChI=1S/C11H13F2NO5S/c1-11(2,9(15)16)14-20(17,18)8-5-3-7(4-6-8)19-10(12)13/h3-6,10,14H,1-2H3,(H,15,16). The maximum atomic E-state index is 11.9. The second-order valence-corrected chi connectivity index (χ2v) is 6.07. The van der Waals surface area contributed by atoms with Crippen LogP contribution in [0.25, 0.3) is 0 Å². The molecule has 0 fully saturated rings. The van der Waals surface area contributed by atoms with Crippen LogP contribution in [-0.4, -0.2) is 31.6 Å². The molecular formula is C11H13F2NO5S. The van der Waals surface area contributed by atoms with Crippen molar-refractivity contribution in [3.63, 3.8) is 0 Å². The van der Waals surface area contributed by atoms with E-state index in [1.54, 1.807) is 0 Å². The molecule has 0 unspecified atom stereocenters. The van der Waals surface area contributed by atoms with Crippen LogP contribution < -0.4 is 9.46 Å². The van der Waals surface area contributed by atoms with Gasteiger partial charge in [-0.25, -0.2) is 8.42 Å². The summed E-state index contributed by atoms with van der Waals surface area (Å²) in [7, 11) is -4.08. The lowest BCUT2D eigenvalue weighted by atomic mass is 10.1. The van der Waals surface area contributed by atoms with Crippen molar-refractivity contribution in [2.45, 2.75) is 30.9 Å². The molecule has 112 valence electrons. The topological polar surface area (TPSA) is 92.7 Å². The molecule has 0 aromatic heterocycles. The summed E-state index contributed by atoms with van der Waals surface area (Å²) in [6.07, 6.45) is 0. The van der Waals surface area contributed by atoms with Crippen molar-refractivity contribution in [3.05, 3.63) is 24.3 Å². The minimum Gasteiger partial charge on any atom is -0.480 e. The van der Waals surface area contributed by atoms with Crippen LogP contribution in [0.5, 0.6) is 5.75 Å². The molecule has 9 heteroatoms. The lowest BCUT2D eigenvalue weighted by molar-refractivity contribution is -0.142. The zero-order valence-electron chi connectivity index (χ0n) is 10.6. The van der Waals surface area contributed by atoms with E-state index in [-0.39, 0.29) is 10.6 Å². The Hall–Kier alpha value is -1.74. The normalized spacial score (nSPS) is 12.4. The lowest BCUT2D eigenvalue weighted by Gasteiger charge is -2.20. The van der Waals surface area contributed by atoms with E-state index in [9.17, 15) is 22.0 Å². The van der Waals surface area contributed by atoms with Crippen LogP contribution in [0.2, 0.25) is 0 Å². The predicted octanol–water partition coefficient (Wildman–Crippen LogP) is 1.43. The fourth-order valence-electron chi connectivity index (χ4n) is 1.24. The highest BCUT2D eigenvalue weighted by Gasteiger charge is 2.32. The second-order valence-electron chi connectivity index (χ2n) is 4.39. The van der Waals surface area contributed by atoms with E-state index in [0.717, 1.165) is 24.3 Å². The van der Waals surface area contributed by atoms with Crippen molar-refractivity contribution in [2.24, 2.45) is 0 Å². The van der Waals surface area contributed by atoms with Gasteiger partial charge in [0, 0.05) is 0 Å². The van der Waals surface area contributed by atoms with Crippen molar-refractivity contribution in [1.82, 2.24) is 4.72 Å². The molecule has 0 heterocycles. The summed E-state index contributed by atoms with van der Waals surface area (Å²) >= 11 is 0. The highest BCUT2D eigenvalue weighted by molar-refractivity contribution is 7.89. The van der Waals surface area contributed by atoms with E-state index in [4.69, 9.17) is 5.11 Å². The Balaban J connectivity index is 2.96. The number of aliphatic carboxylic acids is 1. The molecule has 2 N–H and O–H groups in total. The fourth-order valence-corrected chi connectivity index (χ4v) is 2.61. The molecule has 0 saturated heterocycles. The van der Waals surface area contributed by atoms with Gasteiger partial charge in [-0.05, 0) is 38.1 Å². The molecule has 0 aliphatic heterocycles. The summed E-state index contributed by atoms with van der Waals surface area (Å²) < 4.78 is 53.8. The Morgan fingerprint density at radius 2 is 1.80 bits per heavy atom. The Kier molecular flexibility index (Phi) is 4.66. The predicted molar refractivity (Wildman–Crippen MR) is 65.1 cm³/mol. The highest BCUT2D eigenvalue weighted by atomic mass is 32.2. The van der Waals surface area contributed by atoms with Gasteiger partial charge < -0.3 is 9.84 Å². The minimum atomic E-state index is -4.08. The van der Waals surface area contributed by atoms with Crippen LogP contribution in [-0.2, 0) is 14.8 Å². The molecule has 0 saturated carbocycles. The summed E-state index contributed by atoms with van der Waals surface area (Å²) in [5.41, 5.74) is -1.70. The zero-order chi connectivity index (χ0) is 15.6. The zero-order valence-corrected chi connectivity index (χ0v) is 11.4. The van der Waals surface area contributed by atoms with Gasteiger partial charge in [-0.1, -0.05) is 0 Å². The van der Waals surface area contributed by atoms with E-state index in [1.165, 1.54) is 13.8 Å². The molecule has 0 radical (unpaired) electrons. The average Bonchev–Trinajstić information content (AvgIpc) is 2.27. The Morgan fingerprint density at radius 3 is 2.20 bits per heavy atom. The van der Waals surface area contributed by atoms with Crippen LogP contribution in [0.3, 0.4) is 0 Å². The summed E-state index contributed by atoms with van der Waals surface area (Å²) in [5.74, 6) is -1.55. The molecule has 0 atom stereocenters. The van der Waals surface area contributed by atoms with Gasteiger partial charge in [0.1, 0.15) is 11.3 Å². The summed E-state index contributed by atoms with van der Waals surface area (Å²) in [6.45, 7) is -0.649. The third-order valence-electron chi connectivity index (χ3n) is 2.28. The van der Waals surface area contributed by atoms with Crippen LogP contribution in [0.1, 0.15) is 13.8 Å². The van der Waals surface area contributed by atoms with Gasteiger partial charge in [-0.2, -0.15) is 13.5 Å². The van der Waals surface area contributed by atoms with Crippen molar-refractivity contribution >= 4 is 16.0 Å². The Labute approximate surface area is 114 Å². The Morgan fingerprint density at radius 1 is 1.30 bits per heavy atom. The average molecular weight is 309 g/mol. The van der Waals surface area contributed by atoms with E-state index in [1.807, 2.05) is 4.72 Å². The number of nitrogens with one attached hydrogen (secondary N) is 1. The number of carboxylic acid groups (broad SMARTS) is 1. The quantitative estimate of drug-likeness (QED) is 0.829. The lowest BCUT2D eigenvalue weighted by Crippen LogP contribution is -2.49. The van der Waals surface area contributed by atoms with Crippen LogP contribution in [0, 0.1) is 0 Å². The van der Waals surface area contributed by atoms with Crippen LogP contribution >= 0.6 is 0 Å². The number of hydrogen-bond donors (Lipinski definition) is 2. The molecule has 0 spiro atoms. The summed E-state index contributed by atoms with van der Waals surface area (Å²) in [4.78, 5) is 10.6. The van der Waals surface area contributed by atoms with Gasteiger partial charge in [-0.15, -0.1) is 0 Å². The number of carbonyl (C=O) groups is 1. The van der Waals surface area contributed by atoms with Crippen molar-refractivity contribution < 1.29 is 31.8 Å². The maximum absolute atomic E-state index is 11.9. The van der Waals surface area contributed by atoms with Gasteiger partial charge >= 0.3 is 12.6 Å². The smallest absolute Gasteiger partial charge is 0.387 e. The first-order chi connectivity index (χ1) is 9.04. The molecule has 1 rings (SSSR count). The number of hydrogen-bond acceptors (Lipinski definition) is 4. The Bertz CT molecular complexity index is 583. The first-order valence-electron chi connectivity index (χ1n) is 5.37. The van der Waals surface area contributed by atoms with Gasteiger partial charge in [0.15, 0.2) is 0 Å². The number of halogens is 2. The maximum Gasteiger partial charge on any atom is 0.387 e. The number of alkyl halides is 2. The van der Waals surface area contributed by atoms with E-state index in [2.05, 4.69) is 4.74 Å². The molecule has 0 amide bonds. The summed E-state index contributed by atoms with van der Waals surface area (Å²) in [5, 5.41) is 8.86. The van der Waals surface area contributed by atoms with Gasteiger partial charge in [-0.3, -0.25) is 4.79 Å². The molecule has 1 aromatic carbocycles. The number of ether oxygens (including phenoxy) is 1. The largest absolute Gasteiger partial charge is 0.480 e. The fraction of sp³-hybridized carbons (Fsp3) is 0.364. The second kappa shape index (κ2) is 5.71. The van der Waals surface area contributed by atoms with Gasteiger partial charge in [0.2, 0.25) is 10.0 Å². The van der Waals surface area contributed by atoms with E-state index >= 15 is 0 Å².